The van der Waals surface area contributed by atoms with Crippen molar-refractivity contribution in [1.82, 2.24) is 24.5 Å². The number of nitrogens with zero attached hydrogens (tertiary/aromatic N) is 6. The number of aromatic nitrogens is 5. The van der Waals surface area contributed by atoms with Crippen LogP contribution in [0.15, 0.2) is 48.8 Å². The Hall–Kier alpha value is -3.52. The molecule has 0 bridgehead atoms. The van der Waals surface area contributed by atoms with Gasteiger partial charge in [-0.15, -0.1) is 0 Å². The third kappa shape index (κ3) is 3.51. The summed E-state index contributed by atoms with van der Waals surface area (Å²) in [7, 11) is 1.72. The van der Waals surface area contributed by atoms with Crippen LogP contribution in [-0.4, -0.2) is 55.9 Å². The van der Waals surface area contributed by atoms with Gasteiger partial charge < -0.3 is 19.3 Å². The van der Waals surface area contributed by atoms with Gasteiger partial charge in [0.15, 0.2) is 5.65 Å². The zero-order valence-corrected chi connectivity index (χ0v) is 18.6. The molecule has 6 rings (SSSR count). The molecule has 3 aromatic heterocycles. The minimum Gasteiger partial charge on any atom is -0.496 e. The first-order valence-electron chi connectivity index (χ1n) is 11.5. The Bertz CT molecular complexity index is 1290. The highest BCUT2D eigenvalue weighted by atomic mass is 16.5. The maximum absolute atomic E-state index is 9.73. The summed E-state index contributed by atoms with van der Waals surface area (Å²) in [5.74, 6) is 2.65. The van der Waals surface area contributed by atoms with E-state index in [1.807, 2.05) is 36.7 Å². The van der Waals surface area contributed by atoms with Crippen LogP contribution in [0.4, 0.5) is 5.95 Å². The molecule has 8 heteroatoms. The summed E-state index contributed by atoms with van der Waals surface area (Å²) < 4.78 is 7.89. The van der Waals surface area contributed by atoms with Gasteiger partial charge >= 0.3 is 0 Å². The number of fused-ring (bicyclic) bond motifs is 3. The fourth-order valence-corrected chi connectivity index (χ4v) is 5.00. The number of hydrogen-bond acceptors (Lipinski definition) is 7. The topological polar surface area (TPSA) is 89.2 Å². The number of hydrogen-bond donors (Lipinski definition) is 1. The quantitative estimate of drug-likeness (QED) is 0.518. The van der Waals surface area contributed by atoms with E-state index in [2.05, 4.69) is 31.6 Å². The van der Waals surface area contributed by atoms with E-state index >= 15 is 0 Å². The van der Waals surface area contributed by atoms with Crippen molar-refractivity contribution in [1.29, 1.82) is 0 Å². The first-order chi connectivity index (χ1) is 16.2. The molecule has 5 heterocycles. The highest BCUT2D eigenvalue weighted by Gasteiger charge is 2.30. The summed E-state index contributed by atoms with van der Waals surface area (Å²) in [4.78, 5) is 21.1. The van der Waals surface area contributed by atoms with E-state index in [1.54, 1.807) is 7.11 Å². The molecule has 8 nitrogen and oxygen atoms in total. The van der Waals surface area contributed by atoms with Crippen LogP contribution in [0.25, 0.3) is 22.4 Å². The van der Waals surface area contributed by atoms with E-state index in [-0.39, 0.29) is 12.1 Å². The number of imidazole rings is 1. The van der Waals surface area contributed by atoms with Gasteiger partial charge in [-0.3, -0.25) is 0 Å². The molecule has 1 atom stereocenters. The number of pyridine rings is 1. The number of rotatable bonds is 4. The van der Waals surface area contributed by atoms with Gasteiger partial charge in [-0.2, -0.15) is 0 Å². The van der Waals surface area contributed by atoms with Crippen molar-refractivity contribution >= 4 is 17.1 Å². The summed E-state index contributed by atoms with van der Waals surface area (Å²) in [6, 6.07) is 12.3. The van der Waals surface area contributed by atoms with Crippen LogP contribution in [0, 0.1) is 0 Å². The SMILES string of the molecule is COc1ccccc1C1CCc2nc3ccc(-c4cnc(N5CCC(O)CC5)nc4)nc3n21. The summed E-state index contributed by atoms with van der Waals surface area (Å²) in [5, 5.41) is 9.73. The molecule has 4 aromatic rings. The number of para-hydroxylation sites is 1. The lowest BCUT2D eigenvalue weighted by Crippen LogP contribution is -2.36. The lowest BCUT2D eigenvalue weighted by Gasteiger charge is -2.29. The van der Waals surface area contributed by atoms with E-state index in [0.717, 1.165) is 78.3 Å². The third-order valence-corrected chi connectivity index (χ3v) is 6.74. The molecule has 0 spiro atoms. The Morgan fingerprint density at radius 3 is 2.55 bits per heavy atom. The van der Waals surface area contributed by atoms with E-state index in [0.29, 0.717) is 5.95 Å². The Balaban J connectivity index is 1.34. The van der Waals surface area contributed by atoms with Gasteiger partial charge in [0.1, 0.15) is 17.1 Å². The molecule has 2 aliphatic heterocycles. The van der Waals surface area contributed by atoms with E-state index in [9.17, 15) is 5.11 Å². The predicted molar refractivity (Wildman–Crippen MR) is 125 cm³/mol. The van der Waals surface area contributed by atoms with Crippen LogP contribution >= 0.6 is 0 Å². The monoisotopic (exact) mass is 442 g/mol. The van der Waals surface area contributed by atoms with Crippen molar-refractivity contribution in [2.24, 2.45) is 0 Å². The van der Waals surface area contributed by atoms with Gasteiger partial charge in [0.2, 0.25) is 5.95 Å². The normalized spacial score (nSPS) is 18.6. The maximum Gasteiger partial charge on any atom is 0.225 e. The van der Waals surface area contributed by atoms with Crippen LogP contribution in [0.1, 0.15) is 36.7 Å². The smallest absolute Gasteiger partial charge is 0.225 e. The van der Waals surface area contributed by atoms with E-state index in [1.165, 1.54) is 0 Å². The average Bonchev–Trinajstić information content (AvgIpc) is 3.44. The average molecular weight is 443 g/mol. The summed E-state index contributed by atoms with van der Waals surface area (Å²) >= 11 is 0. The molecule has 1 fully saturated rings. The maximum atomic E-state index is 9.73. The minimum atomic E-state index is -0.214. The molecular weight excluding hydrogens is 416 g/mol. The highest BCUT2D eigenvalue weighted by molar-refractivity contribution is 5.76. The fourth-order valence-electron chi connectivity index (χ4n) is 5.00. The second kappa shape index (κ2) is 8.12. The van der Waals surface area contributed by atoms with Crippen LogP contribution in [0.3, 0.4) is 0 Å². The third-order valence-electron chi connectivity index (χ3n) is 6.74. The van der Waals surface area contributed by atoms with Crippen molar-refractivity contribution in [3.8, 4) is 17.0 Å². The van der Waals surface area contributed by atoms with Crippen molar-refractivity contribution in [2.45, 2.75) is 37.8 Å². The lowest BCUT2D eigenvalue weighted by molar-refractivity contribution is 0.145. The number of anilines is 1. The van der Waals surface area contributed by atoms with E-state index < -0.39 is 0 Å². The van der Waals surface area contributed by atoms with Crippen molar-refractivity contribution in [2.75, 3.05) is 25.1 Å². The molecule has 2 aliphatic rings. The number of aliphatic hydroxyl groups is 1. The van der Waals surface area contributed by atoms with Crippen molar-refractivity contribution in [3.05, 3.63) is 60.2 Å². The van der Waals surface area contributed by atoms with Crippen molar-refractivity contribution < 1.29 is 9.84 Å². The summed E-state index contributed by atoms with van der Waals surface area (Å²) in [6.45, 7) is 1.55. The zero-order valence-electron chi connectivity index (χ0n) is 18.6. The lowest BCUT2D eigenvalue weighted by atomic mass is 10.0. The summed E-state index contributed by atoms with van der Waals surface area (Å²) in [6.07, 6.45) is 6.85. The number of aliphatic hydroxyl groups excluding tert-OH is 1. The first kappa shape index (κ1) is 20.1. The Labute approximate surface area is 191 Å². The first-order valence-corrected chi connectivity index (χ1v) is 11.5. The molecule has 1 aromatic carbocycles. The Morgan fingerprint density at radius 2 is 1.76 bits per heavy atom. The van der Waals surface area contributed by atoms with Crippen molar-refractivity contribution in [3.63, 3.8) is 0 Å². The van der Waals surface area contributed by atoms with Gasteiger partial charge in [0.05, 0.1) is 24.9 Å². The molecule has 1 saturated heterocycles. The number of benzene rings is 1. The van der Waals surface area contributed by atoms with Gasteiger partial charge in [-0.05, 0) is 37.5 Å². The summed E-state index contributed by atoms with van der Waals surface area (Å²) in [5.41, 5.74) is 4.64. The molecular formula is C25H26N6O2. The Kier molecular flexibility index (Phi) is 4.95. The molecule has 33 heavy (non-hydrogen) atoms. The number of ether oxygens (including phenoxy) is 1. The number of methoxy groups -OCH3 is 1. The Morgan fingerprint density at radius 1 is 0.970 bits per heavy atom. The van der Waals surface area contributed by atoms with Crippen LogP contribution in [0.5, 0.6) is 5.75 Å². The zero-order chi connectivity index (χ0) is 22.4. The molecule has 1 N–H and O–H groups in total. The molecule has 0 aliphatic carbocycles. The van der Waals surface area contributed by atoms with E-state index in [4.69, 9.17) is 14.7 Å². The molecule has 1 unspecified atom stereocenters. The van der Waals surface area contributed by atoms with Gasteiger partial charge in [0.25, 0.3) is 0 Å². The standard InChI is InChI=1S/C25H26N6O2/c1-33-22-5-3-2-4-18(22)21-8-9-23-28-20-7-6-19(29-24(20)31(21)23)16-14-26-25(27-15-16)30-12-10-17(32)11-13-30/h2-7,14-15,17,21,32H,8-13H2,1H3. The largest absolute Gasteiger partial charge is 0.496 e. The van der Waals surface area contributed by atoms with Gasteiger partial charge in [-0.1, -0.05) is 18.2 Å². The van der Waals surface area contributed by atoms with Gasteiger partial charge in [-0.25, -0.2) is 19.9 Å². The second-order valence-corrected chi connectivity index (χ2v) is 8.72. The molecule has 168 valence electrons. The predicted octanol–water partition coefficient (Wildman–Crippen LogP) is 3.39. The fraction of sp³-hybridized carbons (Fsp3) is 0.360. The highest BCUT2D eigenvalue weighted by Crippen LogP contribution is 2.39. The molecule has 0 amide bonds. The van der Waals surface area contributed by atoms with Crippen LogP contribution < -0.4 is 9.64 Å². The van der Waals surface area contributed by atoms with Gasteiger partial charge in [0, 0.05) is 43.0 Å². The second-order valence-electron chi connectivity index (χ2n) is 8.72. The molecule has 0 radical (unpaired) electrons. The van der Waals surface area contributed by atoms with Crippen LogP contribution in [0.2, 0.25) is 0 Å². The van der Waals surface area contributed by atoms with Crippen LogP contribution in [-0.2, 0) is 6.42 Å². The minimum absolute atomic E-state index is 0.150. The molecule has 0 saturated carbocycles. The number of aryl methyl sites for hydroxylation is 1. The number of piperidine rings is 1.